The molecule has 0 bridgehead atoms. The Morgan fingerprint density at radius 2 is 2.07 bits per heavy atom. The molecule has 0 aliphatic carbocycles. The highest BCUT2D eigenvalue weighted by Gasteiger charge is 2.30. The van der Waals surface area contributed by atoms with Crippen molar-refractivity contribution in [1.82, 2.24) is 10.6 Å². The summed E-state index contributed by atoms with van der Waals surface area (Å²) < 4.78 is 19.5. The lowest BCUT2D eigenvalue weighted by Crippen LogP contribution is -2.51. The molecule has 1 aliphatic rings. The smallest absolute Gasteiger partial charge is 0.319 e. The van der Waals surface area contributed by atoms with Crippen LogP contribution < -0.4 is 20.3 Å². The van der Waals surface area contributed by atoms with Crippen molar-refractivity contribution in [3.63, 3.8) is 0 Å². The van der Waals surface area contributed by atoms with Crippen molar-refractivity contribution in [2.45, 2.75) is 12.5 Å². The van der Waals surface area contributed by atoms with Crippen LogP contribution in [0.15, 0.2) is 58.7 Å². The molecule has 0 spiro atoms. The summed E-state index contributed by atoms with van der Waals surface area (Å²) in [6, 6.07) is 9.74. The first-order valence-electron chi connectivity index (χ1n) is 9.08. The molecular formula is C21H20BrFN4O3. The Bertz CT molecular complexity index is 994. The van der Waals surface area contributed by atoms with Gasteiger partial charge >= 0.3 is 6.03 Å². The van der Waals surface area contributed by atoms with Crippen molar-refractivity contribution >= 4 is 39.8 Å². The van der Waals surface area contributed by atoms with E-state index < -0.39 is 12.1 Å². The predicted octanol–water partition coefficient (Wildman–Crippen LogP) is 3.39. The number of hydrogen-bond donors (Lipinski definition) is 3. The molecule has 0 fully saturated rings. The number of carbonyl (C=O) groups is 2. The van der Waals surface area contributed by atoms with E-state index in [1.807, 2.05) is 6.07 Å². The van der Waals surface area contributed by atoms with Crippen molar-refractivity contribution in [2.75, 3.05) is 18.6 Å². The van der Waals surface area contributed by atoms with E-state index >= 15 is 0 Å². The quantitative estimate of drug-likeness (QED) is 0.579. The number of urea groups is 1. The van der Waals surface area contributed by atoms with Crippen LogP contribution in [0.4, 0.5) is 14.9 Å². The maximum Gasteiger partial charge on any atom is 0.319 e. The van der Waals surface area contributed by atoms with Gasteiger partial charge in [-0.15, -0.1) is 0 Å². The second-order valence-electron chi connectivity index (χ2n) is 6.66. The molecule has 30 heavy (non-hydrogen) atoms. The van der Waals surface area contributed by atoms with Crippen LogP contribution in [-0.2, 0) is 11.2 Å². The number of likely N-dealkylation sites (N-methyl/N-ethyl adjacent to an activating group) is 1. The highest BCUT2D eigenvalue weighted by molar-refractivity contribution is 9.10. The maximum atomic E-state index is 13.0. The van der Waals surface area contributed by atoms with Crippen molar-refractivity contribution < 1.29 is 18.7 Å². The molecule has 0 radical (unpaired) electrons. The van der Waals surface area contributed by atoms with Gasteiger partial charge in [-0.05, 0) is 41.5 Å². The third-order valence-electron chi connectivity index (χ3n) is 4.52. The van der Waals surface area contributed by atoms with Crippen molar-refractivity contribution in [2.24, 2.45) is 0 Å². The molecule has 0 aromatic heterocycles. The molecule has 156 valence electrons. The molecule has 2 aromatic carbocycles. The minimum atomic E-state index is -0.880. The minimum Gasteiger partial charge on any atom is -0.489 e. The zero-order valence-corrected chi connectivity index (χ0v) is 17.7. The molecule has 0 saturated heterocycles. The molecule has 0 unspecified atom stereocenters. The second kappa shape index (κ2) is 9.53. The number of benzene rings is 2. The van der Waals surface area contributed by atoms with E-state index in [9.17, 15) is 14.0 Å². The van der Waals surface area contributed by atoms with Gasteiger partial charge in [0, 0.05) is 30.4 Å². The van der Waals surface area contributed by atoms with Crippen molar-refractivity contribution in [3.05, 3.63) is 70.1 Å². The summed E-state index contributed by atoms with van der Waals surface area (Å²) in [5, 5.41) is 12.6. The number of allylic oxidation sites excluding steroid dienone is 1. The van der Waals surface area contributed by atoms with Gasteiger partial charge in [-0.1, -0.05) is 28.1 Å². The molecule has 1 aliphatic heterocycles. The Morgan fingerprint density at radius 1 is 1.33 bits per heavy atom. The number of amides is 3. The first kappa shape index (κ1) is 21.5. The van der Waals surface area contributed by atoms with E-state index in [1.165, 1.54) is 23.2 Å². The Labute approximate surface area is 181 Å². The van der Waals surface area contributed by atoms with Gasteiger partial charge in [0.05, 0.1) is 5.69 Å². The molecule has 7 nitrogen and oxygen atoms in total. The predicted molar refractivity (Wildman–Crippen MR) is 115 cm³/mol. The third kappa shape index (κ3) is 5.24. The van der Waals surface area contributed by atoms with E-state index in [-0.39, 0.29) is 18.3 Å². The summed E-state index contributed by atoms with van der Waals surface area (Å²) in [5.74, 6) is -0.111. The molecule has 9 heteroatoms. The fourth-order valence-electron chi connectivity index (χ4n) is 2.91. The van der Waals surface area contributed by atoms with Crippen LogP contribution in [0.3, 0.4) is 0 Å². The summed E-state index contributed by atoms with van der Waals surface area (Å²) in [4.78, 5) is 26.5. The summed E-state index contributed by atoms with van der Waals surface area (Å²) >= 11 is 3.37. The Hall–Kier alpha value is -3.20. The number of nitrogens with one attached hydrogen (secondary N) is 3. The number of fused-ring (bicyclic) bond motifs is 1. The van der Waals surface area contributed by atoms with Gasteiger partial charge in [-0.25, -0.2) is 9.18 Å². The number of hydrogen-bond acceptors (Lipinski definition) is 4. The van der Waals surface area contributed by atoms with Gasteiger partial charge in [-0.3, -0.25) is 4.79 Å². The van der Waals surface area contributed by atoms with Gasteiger partial charge in [0.2, 0.25) is 0 Å². The largest absolute Gasteiger partial charge is 0.489 e. The lowest BCUT2D eigenvalue weighted by molar-refractivity contribution is -0.120. The Morgan fingerprint density at radius 3 is 2.77 bits per heavy atom. The summed E-state index contributed by atoms with van der Waals surface area (Å²) in [6.07, 6.45) is 2.83. The normalized spacial score (nSPS) is 16.2. The Kier molecular flexibility index (Phi) is 6.83. The number of nitrogens with zero attached hydrogens (tertiary/aromatic N) is 1. The van der Waals surface area contributed by atoms with Crippen LogP contribution >= 0.6 is 15.9 Å². The molecule has 3 rings (SSSR count). The fraction of sp³-hybridized carbons (Fsp3) is 0.190. The van der Waals surface area contributed by atoms with Crippen molar-refractivity contribution in [1.29, 1.82) is 5.41 Å². The van der Waals surface area contributed by atoms with Crippen LogP contribution in [0, 0.1) is 11.2 Å². The number of carbonyl (C=O) groups excluding carboxylic acids is 2. The lowest BCUT2D eigenvalue weighted by atomic mass is 10.1. The average molecular weight is 475 g/mol. The van der Waals surface area contributed by atoms with E-state index in [2.05, 4.69) is 26.6 Å². The first-order chi connectivity index (χ1) is 14.4. The van der Waals surface area contributed by atoms with Gasteiger partial charge in [-0.2, -0.15) is 0 Å². The monoisotopic (exact) mass is 474 g/mol. The minimum absolute atomic E-state index is 0.0120. The summed E-state index contributed by atoms with van der Waals surface area (Å²) in [6.45, 7) is -0.0120. The molecule has 0 saturated carbocycles. The van der Waals surface area contributed by atoms with Crippen LogP contribution in [0.1, 0.15) is 5.56 Å². The maximum absolute atomic E-state index is 13.0. The van der Waals surface area contributed by atoms with Crippen LogP contribution in [0.5, 0.6) is 5.75 Å². The Balaban J connectivity index is 1.62. The lowest BCUT2D eigenvalue weighted by Gasteiger charge is -2.20. The summed E-state index contributed by atoms with van der Waals surface area (Å²) in [7, 11) is 1.62. The van der Waals surface area contributed by atoms with Crippen LogP contribution in [0.2, 0.25) is 0 Å². The second-order valence-corrected chi connectivity index (χ2v) is 7.57. The zero-order valence-electron chi connectivity index (χ0n) is 16.1. The number of ether oxygens (including phenoxy) is 1. The van der Waals surface area contributed by atoms with Gasteiger partial charge in [0.1, 0.15) is 24.2 Å². The first-order valence-corrected chi connectivity index (χ1v) is 9.87. The molecule has 3 N–H and O–H groups in total. The SMILES string of the molecule is CN1C(=O)[C@@H](NC(=O)N/C=C(\C=N)Cc2ccc(F)cc2)COc2ccc(Br)cc21. The average Bonchev–Trinajstić information content (AvgIpc) is 2.85. The number of halogens is 2. The highest BCUT2D eigenvalue weighted by Crippen LogP contribution is 2.33. The fourth-order valence-corrected chi connectivity index (χ4v) is 3.26. The van der Waals surface area contributed by atoms with Gasteiger partial charge in [0.15, 0.2) is 0 Å². The van der Waals surface area contributed by atoms with E-state index in [4.69, 9.17) is 10.1 Å². The highest BCUT2D eigenvalue weighted by atomic mass is 79.9. The van der Waals surface area contributed by atoms with E-state index in [1.54, 1.807) is 31.3 Å². The van der Waals surface area contributed by atoms with Gasteiger partial charge in [0.25, 0.3) is 5.91 Å². The zero-order chi connectivity index (χ0) is 21.7. The van der Waals surface area contributed by atoms with Crippen LogP contribution in [0.25, 0.3) is 0 Å². The van der Waals surface area contributed by atoms with Crippen LogP contribution in [-0.4, -0.2) is 37.8 Å². The number of rotatable bonds is 5. The third-order valence-corrected chi connectivity index (χ3v) is 5.01. The van der Waals surface area contributed by atoms with Gasteiger partial charge < -0.3 is 25.7 Å². The topological polar surface area (TPSA) is 94.5 Å². The molecule has 2 aromatic rings. The summed E-state index contributed by atoms with van der Waals surface area (Å²) in [5.41, 5.74) is 1.91. The molecule has 3 amide bonds. The molecule has 1 heterocycles. The molecule has 1 atom stereocenters. The number of anilines is 1. The van der Waals surface area contributed by atoms with E-state index in [0.717, 1.165) is 16.3 Å². The molecular weight excluding hydrogens is 455 g/mol. The standard InChI is InChI=1S/C21H20BrFN4O3/c1-27-18-9-15(22)4-7-19(18)30-12-17(20(27)28)26-21(29)25-11-14(10-24)8-13-2-5-16(23)6-3-13/h2-7,9-11,17,24H,8,12H2,1H3,(H2,25,26,29)/b14-11-,24-10?/t17-/m0/s1. The van der Waals surface area contributed by atoms with E-state index in [0.29, 0.717) is 23.4 Å². The van der Waals surface area contributed by atoms with Crippen molar-refractivity contribution in [3.8, 4) is 5.75 Å².